The second kappa shape index (κ2) is 13.7. The summed E-state index contributed by atoms with van der Waals surface area (Å²) in [7, 11) is -5.52. The first-order valence-corrected chi connectivity index (χ1v) is 17.4. The van der Waals surface area contributed by atoms with Crippen LogP contribution in [-0.4, -0.2) is 66.6 Å². The van der Waals surface area contributed by atoms with Crippen LogP contribution in [0.3, 0.4) is 0 Å². The van der Waals surface area contributed by atoms with E-state index in [9.17, 15) is 48.3 Å². The number of rotatable bonds is 19. The minimum Gasteiger partial charge on any atom is -0.374 e. The van der Waals surface area contributed by atoms with E-state index in [1.54, 1.807) is 0 Å². The third-order valence-electron chi connectivity index (χ3n) is 5.90. The highest BCUT2D eigenvalue weighted by Crippen LogP contribution is 2.58. The van der Waals surface area contributed by atoms with Crippen molar-refractivity contribution in [1.29, 1.82) is 0 Å². The lowest BCUT2D eigenvalue weighted by Crippen LogP contribution is -2.66. The van der Waals surface area contributed by atoms with Gasteiger partial charge in [-0.1, -0.05) is 44.4 Å². The molecule has 0 saturated heterocycles. The molecular formula is C21H37F11O3Si2. The Hall–Kier alpha value is -0.456. The molecule has 0 spiro atoms. The van der Waals surface area contributed by atoms with Crippen molar-refractivity contribution in [3.8, 4) is 0 Å². The Kier molecular flexibility index (Phi) is 13.6. The summed E-state index contributed by atoms with van der Waals surface area (Å²) >= 11 is 0. The molecule has 0 aliphatic heterocycles. The standard InChI is InChI=1S/C21H37F11O3Si2/c1-6-33-37(34-7-2,35-8-3)15-12-10-9-11-14-36(4,5)16-13-17(22,23)18(24,25)19(26,27)20(28,29)21(30,31)32/h6-16H2,1-5H3. The minimum atomic E-state index is -7.34. The first-order chi connectivity index (χ1) is 16.6. The Bertz CT molecular complexity index is 658. The SMILES string of the molecule is CCO[Si](CCCCCC[Si](C)(C)CCC(F)(F)C(F)(F)C(F)(F)C(F)(F)C(F)(F)F)(OCC)OCC. The predicted molar refractivity (Wildman–Crippen MR) is 121 cm³/mol. The van der Waals surface area contributed by atoms with Gasteiger partial charge in [0.2, 0.25) is 0 Å². The van der Waals surface area contributed by atoms with E-state index in [0.29, 0.717) is 57.6 Å². The molecule has 0 aromatic carbocycles. The molecule has 0 bridgehead atoms. The summed E-state index contributed by atoms with van der Waals surface area (Å²) < 4.78 is 162. The lowest BCUT2D eigenvalue weighted by Gasteiger charge is -2.38. The molecule has 0 amide bonds. The number of alkyl halides is 11. The summed E-state index contributed by atoms with van der Waals surface area (Å²) in [5, 5.41) is 0. The molecule has 16 heteroatoms. The fourth-order valence-electron chi connectivity index (χ4n) is 3.68. The van der Waals surface area contributed by atoms with Crippen molar-refractivity contribution < 1.29 is 61.6 Å². The van der Waals surface area contributed by atoms with Crippen LogP contribution in [0.1, 0.15) is 52.9 Å². The normalized spacial score (nSPS) is 14.9. The third kappa shape index (κ3) is 9.31. The summed E-state index contributed by atoms with van der Waals surface area (Å²) in [4.78, 5) is 0. The summed E-state index contributed by atoms with van der Waals surface area (Å²) in [5.74, 6) is -27.4. The zero-order valence-electron chi connectivity index (χ0n) is 21.7. The van der Waals surface area contributed by atoms with Crippen LogP contribution in [0.25, 0.3) is 0 Å². The molecule has 0 heterocycles. The second-order valence-corrected chi connectivity index (χ2v) is 17.5. The van der Waals surface area contributed by atoms with Crippen molar-refractivity contribution in [1.82, 2.24) is 0 Å². The Morgan fingerprint density at radius 2 is 0.919 bits per heavy atom. The molecule has 0 aromatic rings. The van der Waals surface area contributed by atoms with E-state index in [-0.39, 0.29) is 0 Å². The molecule has 0 saturated carbocycles. The largest absolute Gasteiger partial charge is 0.500 e. The second-order valence-electron chi connectivity index (χ2n) is 9.49. The van der Waals surface area contributed by atoms with Crippen molar-refractivity contribution in [2.75, 3.05) is 19.8 Å². The van der Waals surface area contributed by atoms with E-state index >= 15 is 0 Å². The van der Waals surface area contributed by atoms with Crippen LogP contribution >= 0.6 is 0 Å². The monoisotopic (exact) mass is 602 g/mol. The molecule has 0 atom stereocenters. The van der Waals surface area contributed by atoms with Gasteiger partial charge in [0.25, 0.3) is 0 Å². The molecule has 37 heavy (non-hydrogen) atoms. The van der Waals surface area contributed by atoms with Crippen LogP contribution in [0.5, 0.6) is 0 Å². The highest BCUT2D eigenvalue weighted by Gasteiger charge is 2.86. The smallest absolute Gasteiger partial charge is 0.374 e. The molecule has 0 aliphatic rings. The zero-order valence-corrected chi connectivity index (χ0v) is 23.7. The molecule has 0 fully saturated rings. The fraction of sp³-hybridized carbons (Fsp3) is 1.00. The maximum absolute atomic E-state index is 14.0. The van der Waals surface area contributed by atoms with Crippen molar-refractivity contribution in [2.45, 2.75) is 114 Å². The van der Waals surface area contributed by atoms with E-state index in [4.69, 9.17) is 13.3 Å². The Balaban J connectivity index is 4.95. The molecule has 0 aromatic heterocycles. The minimum absolute atomic E-state index is 0.342. The van der Waals surface area contributed by atoms with E-state index in [0.717, 1.165) is 0 Å². The number of halogens is 11. The average Bonchev–Trinajstić information content (AvgIpc) is 2.74. The van der Waals surface area contributed by atoms with Crippen LogP contribution in [0.4, 0.5) is 48.3 Å². The summed E-state index contributed by atoms with van der Waals surface area (Å²) in [6, 6.07) is 0.231. The van der Waals surface area contributed by atoms with Crippen LogP contribution in [0, 0.1) is 0 Å². The predicted octanol–water partition coefficient (Wildman–Crippen LogP) is 8.80. The first kappa shape index (κ1) is 36.5. The third-order valence-corrected chi connectivity index (χ3v) is 12.4. The van der Waals surface area contributed by atoms with Crippen LogP contribution in [-0.2, 0) is 13.3 Å². The zero-order chi connectivity index (χ0) is 29.4. The number of hydrogen-bond donors (Lipinski definition) is 0. The van der Waals surface area contributed by atoms with Gasteiger partial charge in [-0.05, 0) is 27.2 Å². The molecular weight excluding hydrogens is 565 g/mol. The molecule has 0 N–H and O–H groups in total. The topological polar surface area (TPSA) is 27.7 Å². The van der Waals surface area contributed by atoms with E-state index in [1.165, 1.54) is 13.1 Å². The molecule has 224 valence electrons. The van der Waals surface area contributed by atoms with E-state index < -0.39 is 59.2 Å². The maximum atomic E-state index is 14.0. The highest BCUT2D eigenvalue weighted by atomic mass is 28.4. The highest BCUT2D eigenvalue weighted by molar-refractivity contribution is 6.77. The van der Waals surface area contributed by atoms with Crippen molar-refractivity contribution in [3.63, 3.8) is 0 Å². The average molecular weight is 603 g/mol. The van der Waals surface area contributed by atoms with Gasteiger partial charge in [-0.2, -0.15) is 48.3 Å². The molecule has 0 unspecified atom stereocenters. The van der Waals surface area contributed by atoms with Gasteiger partial charge < -0.3 is 13.3 Å². The van der Waals surface area contributed by atoms with Gasteiger partial charge in [0.05, 0.1) is 0 Å². The fourth-order valence-corrected chi connectivity index (χ4v) is 8.82. The summed E-state index contributed by atoms with van der Waals surface area (Å²) in [5.41, 5.74) is 0. The lowest BCUT2D eigenvalue weighted by molar-refractivity contribution is -0.422. The van der Waals surface area contributed by atoms with Crippen molar-refractivity contribution in [2.24, 2.45) is 0 Å². The number of hydrogen-bond acceptors (Lipinski definition) is 3. The van der Waals surface area contributed by atoms with E-state index in [1.807, 2.05) is 20.8 Å². The lowest BCUT2D eigenvalue weighted by atomic mass is 9.96. The van der Waals surface area contributed by atoms with Gasteiger partial charge in [0, 0.05) is 40.4 Å². The van der Waals surface area contributed by atoms with Gasteiger partial charge in [-0.25, -0.2) is 0 Å². The Morgan fingerprint density at radius 1 is 0.514 bits per heavy atom. The molecule has 0 aliphatic carbocycles. The summed E-state index contributed by atoms with van der Waals surface area (Å²) in [6.45, 7) is 9.74. The molecule has 0 rings (SSSR count). The van der Waals surface area contributed by atoms with E-state index in [2.05, 4.69) is 0 Å². The molecule has 0 radical (unpaired) electrons. The van der Waals surface area contributed by atoms with Crippen LogP contribution in [0.15, 0.2) is 0 Å². The van der Waals surface area contributed by atoms with Crippen molar-refractivity contribution in [3.05, 3.63) is 0 Å². The van der Waals surface area contributed by atoms with Gasteiger partial charge in [-0.3, -0.25) is 0 Å². The van der Waals surface area contributed by atoms with Gasteiger partial charge >= 0.3 is 38.7 Å². The maximum Gasteiger partial charge on any atom is 0.500 e. The van der Waals surface area contributed by atoms with Crippen LogP contribution in [0.2, 0.25) is 31.2 Å². The van der Waals surface area contributed by atoms with Gasteiger partial charge in [0.15, 0.2) is 0 Å². The van der Waals surface area contributed by atoms with Gasteiger partial charge in [-0.15, -0.1) is 0 Å². The Labute approximate surface area is 212 Å². The Morgan fingerprint density at radius 3 is 1.30 bits per heavy atom. The number of unbranched alkanes of at least 4 members (excludes halogenated alkanes) is 3. The summed E-state index contributed by atoms with van der Waals surface area (Å²) in [6.07, 6.45) is -6.56. The van der Waals surface area contributed by atoms with Gasteiger partial charge in [0.1, 0.15) is 0 Å². The molecule has 3 nitrogen and oxygen atoms in total. The van der Waals surface area contributed by atoms with Crippen LogP contribution < -0.4 is 0 Å². The quantitative estimate of drug-likeness (QED) is 0.0840. The first-order valence-electron chi connectivity index (χ1n) is 12.1. The van der Waals surface area contributed by atoms with Crippen molar-refractivity contribution >= 4 is 16.9 Å².